The first-order valence-electron chi connectivity index (χ1n) is 12.3. The molecule has 2 aliphatic rings. The van der Waals surface area contributed by atoms with Crippen molar-refractivity contribution in [3.05, 3.63) is 47.5 Å². The van der Waals surface area contributed by atoms with E-state index in [4.69, 9.17) is 0 Å². The summed E-state index contributed by atoms with van der Waals surface area (Å²) >= 11 is 0. The summed E-state index contributed by atoms with van der Waals surface area (Å²) in [6, 6.07) is 8.13. The molecule has 37 heavy (non-hydrogen) atoms. The maximum absolute atomic E-state index is 13.0. The third-order valence-corrected chi connectivity index (χ3v) is 8.55. The van der Waals surface area contributed by atoms with Gasteiger partial charge in [-0.05, 0) is 48.1 Å². The Morgan fingerprint density at radius 1 is 1.05 bits per heavy atom. The van der Waals surface area contributed by atoms with Gasteiger partial charge in [-0.15, -0.1) is 0 Å². The lowest BCUT2D eigenvalue weighted by Gasteiger charge is -2.26. The van der Waals surface area contributed by atoms with Crippen LogP contribution in [0.1, 0.15) is 53.8 Å². The summed E-state index contributed by atoms with van der Waals surface area (Å²) in [5, 5.41) is 17.1. The zero-order valence-electron chi connectivity index (χ0n) is 20.8. The Kier molecular flexibility index (Phi) is 7.65. The third-order valence-electron chi connectivity index (χ3n) is 6.78. The number of rotatable bonds is 10. The second-order valence-corrected chi connectivity index (χ2v) is 12.4. The third kappa shape index (κ3) is 5.99. The molecular weight excluding hydrogens is 498 g/mol. The highest BCUT2D eigenvalue weighted by atomic mass is 32.2. The van der Waals surface area contributed by atoms with Crippen LogP contribution in [-0.2, 0) is 19.4 Å². The van der Waals surface area contributed by atoms with E-state index in [-0.39, 0.29) is 41.5 Å². The Hall–Kier alpha value is -3.31. The minimum absolute atomic E-state index is 0.00775. The minimum atomic E-state index is -3.19. The van der Waals surface area contributed by atoms with E-state index in [1.807, 2.05) is 38.1 Å². The zero-order valence-corrected chi connectivity index (χ0v) is 21.6. The monoisotopic (exact) mass is 529 g/mol. The number of imide groups is 1. The number of carbonyl (C=O) groups is 4. The van der Waals surface area contributed by atoms with Crippen molar-refractivity contribution in [3.63, 3.8) is 0 Å². The molecular formula is C26H31N3O7S. The van der Waals surface area contributed by atoms with E-state index in [2.05, 4.69) is 10.6 Å². The average Bonchev–Trinajstić information content (AvgIpc) is 3.29. The molecule has 0 aromatic heterocycles. The summed E-state index contributed by atoms with van der Waals surface area (Å²) in [6.45, 7) is 3.64. The van der Waals surface area contributed by atoms with E-state index in [0.29, 0.717) is 12.8 Å². The van der Waals surface area contributed by atoms with Gasteiger partial charge in [-0.3, -0.25) is 29.4 Å². The van der Waals surface area contributed by atoms with Crippen LogP contribution in [0, 0.1) is 5.92 Å². The predicted octanol–water partition coefficient (Wildman–Crippen LogP) is 1.59. The largest absolute Gasteiger partial charge is 0.480 e. The van der Waals surface area contributed by atoms with Gasteiger partial charge in [-0.2, -0.15) is 0 Å². The lowest BCUT2D eigenvalue weighted by Crippen LogP contribution is -2.54. The molecule has 0 aliphatic carbocycles. The molecule has 0 spiro atoms. The average molecular weight is 530 g/mol. The molecule has 198 valence electrons. The van der Waals surface area contributed by atoms with Gasteiger partial charge >= 0.3 is 5.97 Å². The van der Waals surface area contributed by atoms with Crippen molar-refractivity contribution < 1.29 is 32.7 Å². The number of nitrogens with one attached hydrogen (secondary N) is 2. The van der Waals surface area contributed by atoms with Crippen LogP contribution in [0.3, 0.4) is 0 Å². The maximum Gasteiger partial charge on any atom is 0.320 e. The molecule has 3 atom stereocenters. The van der Waals surface area contributed by atoms with Crippen LogP contribution in [-0.4, -0.2) is 78.3 Å². The van der Waals surface area contributed by atoms with Gasteiger partial charge in [-0.1, -0.05) is 38.1 Å². The molecule has 0 saturated carbocycles. The smallest absolute Gasteiger partial charge is 0.320 e. The molecule has 1 fully saturated rings. The standard InChI is InChI=1S/C26H31N3O7S/c1-15(2)11-22(23(30)27-18-8-10-37(35,36)14-18)28-21(26(33)34)7-9-29-24(31)19-12-16-5-3-4-6-17(16)13-20(19)25(29)32/h3-6,12-13,15,18,21-22,28H,7-11,14H2,1-2H3,(H,27,30)(H,33,34)/t18?,21-,22+/m1/s1. The summed E-state index contributed by atoms with van der Waals surface area (Å²) in [4.78, 5) is 52.0. The van der Waals surface area contributed by atoms with Crippen molar-refractivity contribution in [1.82, 2.24) is 15.5 Å². The van der Waals surface area contributed by atoms with Crippen LogP contribution in [0.4, 0.5) is 0 Å². The van der Waals surface area contributed by atoms with Crippen LogP contribution >= 0.6 is 0 Å². The number of carbonyl (C=O) groups excluding carboxylic acids is 3. The van der Waals surface area contributed by atoms with Gasteiger partial charge in [0.15, 0.2) is 9.84 Å². The molecule has 3 amide bonds. The Morgan fingerprint density at radius 3 is 2.14 bits per heavy atom. The van der Waals surface area contributed by atoms with E-state index >= 15 is 0 Å². The summed E-state index contributed by atoms with van der Waals surface area (Å²) in [7, 11) is -3.19. The summed E-state index contributed by atoms with van der Waals surface area (Å²) < 4.78 is 23.5. The minimum Gasteiger partial charge on any atom is -0.480 e. The zero-order chi connectivity index (χ0) is 26.9. The van der Waals surface area contributed by atoms with Crippen molar-refractivity contribution in [2.45, 2.75) is 51.2 Å². The number of nitrogens with zero attached hydrogens (tertiary/aromatic N) is 1. The molecule has 2 heterocycles. The van der Waals surface area contributed by atoms with E-state index in [1.165, 1.54) is 0 Å². The highest BCUT2D eigenvalue weighted by Gasteiger charge is 2.37. The highest BCUT2D eigenvalue weighted by Crippen LogP contribution is 2.28. The molecule has 0 radical (unpaired) electrons. The molecule has 2 aromatic rings. The lowest BCUT2D eigenvalue weighted by molar-refractivity contribution is -0.140. The Labute approximate surface area is 215 Å². The molecule has 1 saturated heterocycles. The number of carboxylic acid groups (broad SMARTS) is 1. The van der Waals surface area contributed by atoms with Crippen molar-refractivity contribution in [2.24, 2.45) is 5.92 Å². The molecule has 2 aromatic carbocycles. The number of carboxylic acids is 1. The highest BCUT2D eigenvalue weighted by molar-refractivity contribution is 7.91. The number of benzene rings is 2. The second kappa shape index (κ2) is 10.6. The number of hydrogen-bond acceptors (Lipinski definition) is 7. The number of fused-ring (bicyclic) bond motifs is 2. The Bertz CT molecular complexity index is 1300. The molecule has 10 nitrogen and oxygen atoms in total. The van der Waals surface area contributed by atoms with E-state index in [1.54, 1.807) is 12.1 Å². The first-order valence-corrected chi connectivity index (χ1v) is 14.2. The number of hydrogen-bond donors (Lipinski definition) is 3. The molecule has 0 bridgehead atoms. The normalized spacial score (nSPS) is 20.3. The summed E-state index contributed by atoms with van der Waals surface area (Å²) in [5.41, 5.74) is 0.569. The van der Waals surface area contributed by atoms with Gasteiger partial charge in [-0.25, -0.2) is 8.42 Å². The van der Waals surface area contributed by atoms with Gasteiger partial charge in [0.25, 0.3) is 11.8 Å². The van der Waals surface area contributed by atoms with Crippen molar-refractivity contribution in [1.29, 1.82) is 0 Å². The van der Waals surface area contributed by atoms with Crippen LogP contribution in [0.25, 0.3) is 10.8 Å². The predicted molar refractivity (Wildman–Crippen MR) is 137 cm³/mol. The molecule has 4 rings (SSSR count). The number of sulfone groups is 1. The first-order chi connectivity index (χ1) is 17.4. The molecule has 3 N–H and O–H groups in total. The number of amides is 3. The van der Waals surface area contributed by atoms with Crippen molar-refractivity contribution >= 4 is 44.3 Å². The Morgan fingerprint density at radius 2 is 1.65 bits per heavy atom. The van der Waals surface area contributed by atoms with E-state index in [0.717, 1.165) is 15.7 Å². The number of aliphatic carboxylic acids is 1. The van der Waals surface area contributed by atoms with Gasteiger partial charge < -0.3 is 10.4 Å². The quantitative estimate of drug-likeness (QED) is 0.393. The second-order valence-electron chi connectivity index (χ2n) is 10.1. The SMILES string of the molecule is CC(C)C[C@H](N[C@H](CCN1C(=O)c2cc3ccccc3cc2C1=O)C(=O)O)C(=O)NC1CCS(=O)(=O)C1. The molecule has 2 aliphatic heterocycles. The van der Waals surface area contributed by atoms with Gasteiger partial charge in [0.1, 0.15) is 6.04 Å². The van der Waals surface area contributed by atoms with Crippen LogP contribution in [0.2, 0.25) is 0 Å². The van der Waals surface area contributed by atoms with Crippen LogP contribution in [0.5, 0.6) is 0 Å². The van der Waals surface area contributed by atoms with Gasteiger partial charge in [0.05, 0.1) is 28.7 Å². The molecule has 1 unspecified atom stereocenters. The summed E-state index contributed by atoms with van der Waals surface area (Å²) in [5.74, 6) is -2.71. The van der Waals surface area contributed by atoms with Crippen molar-refractivity contribution in [2.75, 3.05) is 18.1 Å². The maximum atomic E-state index is 13.0. The molecule has 11 heteroatoms. The van der Waals surface area contributed by atoms with E-state index < -0.39 is 51.7 Å². The van der Waals surface area contributed by atoms with Crippen LogP contribution in [0.15, 0.2) is 36.4 Å². The topological polar surface area (TPSA) is 150 Å². The fourth-order valence-electron chi connectivity index (χ4n) is 4.89. The fourth-order valence-corrected chi connectivity index (χ4v) is 6.57. The Balaban J connectivity index is 1.44. The first kappa shape index (κ1) is 26.7. The summed E-state index contributed by atoms with van der Waals surface area (Å²) in [6.07, 6.45) is 0.550. The van der Waals surface area contributed by atoms with Gasteiger partial charge in [0.2, 0.25) is 5.91 Å². The lowest BCUT2D eigenvalue weighted by atomic mass is 10.0. The van der Waals surface area contributed by atoms with E-state index in [9.17, 15) is 32.7 Å². The van der Waals surface area contributed by atoms with Gasteiger partial charge in [0, 0.05) is 12.6 Å². The fraction of sp³-hybridized carbons (Fsp3) is 0.462. The van der Waals surface area contributed by atoms with Crippen LogP contribution < -0.4 is 10.6 Å². The van der Waals surface area contributed by atoms with Crippen molar-refractivity contribution in [3.8, 4) is 0 Å².